The third-order valence-electron chi connectivity index (χ3n) is 4.70. The van der Waals surface area contributed by atoms with Crippen molar-refractivity contribution in [2.24, 2.45) is 10.9 Å². The molecule has 28 heavy (non-hydrogen) atoms. The van der Waals surface area contributed by atoms with Gasteiger partial charge < -0.3 is 15.5 Å². The Kier molecular flexibility index (Phi) is 4.52. The zero-order valence-electron chi connectivity index (χ0n) is 14.0. The van der Waals surface area contributed by atoms with Crippen LogP contribution in [-0.4, -0.2) is 22.8 Å². The molecule has 2 aromatic rings. The average Bonchev–Trinajstić information content (AvgIpc) is 3.26. The molecule has 148 valence electrons. The first kappa shape index (κ1) is 19.4. The lowest BCUT2D eigenvalue weighted by molar-refractivity contribution is -0.275. The van der Waals surface area contributed by atoms with Gasteiger partial charge in [0.2, 0.25) is 0 Å². The molecule has 0 saturated carbocycles. The van der Waals surface area contributed by atoms with Crippen LogP contribution in [0.15, 0.2) is 29.4 Å². The molecule has 1 aromatic carbocycles. The highest BCUT2D eigenvalue weighted by atomic mass is 35.5. The van der Waals surface area contributed by atoms with Gasteiger partial charge in [0.05, 0.1) is 17.8 Å². The second kappa shape index (κ2) is 6.53. The molecule has 0 fully saturated rings. The maximum atomic E-state index is 14.0. The molecule has 1 aromatic heterocycles. The molecule has 11 heteroatoms. The molecular formula is C17H12Cl2F3N3O2S. The Bertz CT molecular complexity index is 964. The first-order chi connectivity index (χ1) is 13.1. The van der Waals surface area contributed by atoms with E-state index >= 15 is 0 Å². The molecule has 2 N–H and O–H groups in total. The van der Waals surface area contributed by atoms with Gasteiger partial charge in [-0.25, -0.2) is 0 Å². The van der Waals surface area contributed by atoms with Crippen LogP contribution in [0.5, 0.6) is 0 Å². The Hall–Kier alpha value is -1.97. The van der Waals surface area contributed by atoms with Crippen LogP contribution in [0.1, 0.15) is 32.1 Å². The van der Waals surface area contributed by atoms with Crippen molar-refractivity contribution in [1.82, 2.24) is 4.90 Å². The van der Waals surface area contributed by atoms with Crippen molar-refractivity contribution in [3.8, 4) is 0 Å². The summed E-state index contributed by atoms with van der Waals surface area (Å²) in [5.41, 5.74) is 3.25. The number of primary amides is 1. The van der Waals surface area contributed by atoms with E-state index < -0.39 is 24.1 Å². The number of hydrogen-bond acceptors (Lipinski definition) is 5. The maximum absolute atomic E-state index is 14.0. The van der Waals surface area contributed by atoms with E-state index in [1.807, 2.05) is 0 Å². The van der Waals surface area contributed by atoms with Crippen molar-refractivity contribution < 1.29 is 22.8 Å². The standard InChI is InChI=1S/C17H12Cl2F3N3O2S/c18-10-2-9(3-11(19)4-10)16(17(20,21)22)5-14(24-27-16)25-6-8-1-12(15(23)26)28-13(8)7-25/h1-4H,5-7H2,(H2,23,26). The summed E-state index contributed by atoms with van der Waals surface area (Å²) >= 11 is 13.0. The van der Waals surface area contributed by atoms with E-state index in [-0.39, 0.29) is 21.4 Å². The topological polar surface area (TPSA) is 67.9 Å². The van der Waals surface area contributed by atoms with Crippen molar-refractivity contribution >= 4 is 46.3 Å². The lowest BCUT2D eigenvalue weighted by atomic mass is 9.89. The summed E-state index contributed by atoms with van der Waals surface area (Å²) in [6, 6.07) is 5.37. The number of rotatable bonds is 2. The number of carbonyl (C=O) groups is 1. The van der Waals surface area contributed by atoms with Crippen LogP contribution in [0.2, 0.25) is 10.0 Å². The van der Waals surface area contributed by atoms with Gasteiger partial charge in [-0.05, 0) is 29.8 Å². The van der Waals surface area contributed by atoms with Crippen LogP contribution in [-0.2, 0) is 23.5 Å². The minimum Gasteiger partial charge on any atom is -0.372 e. The molecule has 0 aliphatic carbocycles. The highest BCUT2D eigenvalue weighted by Crippen LogP contribution is 2.50. The number of carbonyl (C=O) groups excluding carboxylic acids is 1. The number of nitrogens with two attached hydrogens (primary N) is 1. The minimum absolute atomic E-state index is 0.0745. The van der Waals surface area contributed by atoms with E-state index in [0.29, 0.717) is 18.0 Å². The van der Waals surface area contributed by atoms with E-state index in [1.54, 1.807) is 11.0 Å². The Labute approximate surface area is 171 Å². The quantitative estimate of drug-likeness (QED) is 0.724. The fraction of sp³-hybridized carbons (Fsp3) is 0.294. The molecule has 0 saturated heterocycles. The van der Waals surface area contributed by atoms with Gasteiger partial charge in [0.15, 0.2) is 0 Å². The number of oxime groups is 1. The predicted octanol–water partition coefficient (Wildman–Crippen LogP) is 4.66. The molecular weight excluding hydrogens is 438 g/mol. The molecule has 1 unspecified atom stereocenters. The summed E-state index contributed by atoms with van der Waals surface area (Å²) in [4.78, 5) is 19.3. The maximum Gasteiger partial charge on any atom is 0.435 e. The molecule has 3 heterocycles. The Morgan fingerprint density at radius 2 is 1.89 bits per heavy atom. The number of benzene rings is 1. The molecule has 2 aliphatic heterocycles. The van der Waals surface area contributed by atoms with E-state index in [1.165, 1.54) is 29.5 Å². The number of halogens is 5. The highest BCUT2D eigenvalue weighted by Gasteiger charge is 2.63. The molecule has 1 atom stereocenters. The van der Waals surface area contributed by atoms with E-state index in [9.17, 15) is 18.0 Å². The zero-order valence-corrected chi connectivity index (χ0v) is 16.3. The third-order valence-corrected chi connectivity index (χ3v) is 6.31. The molecule has 0 bridgehead atoms. The molecule has 0 spiro atoms. The fourth-order valence-corrected chi connectivity index (χ4v) is 4.89. The summed E-state index contributed by atoms with van der Waals surface area (Å²) in [6.45, 7) is 0.658. The number of amides is 1. The van der Waals surface area contributed by atoms with E-state index in [0.717, 1.165) is 10.4 Å². The van der Waals surface area contributed by atoms with Gasteiger partial charge in [-0.2, -0.15) is 13.2 Å². The third kappa shape index (κ3) is 3.11. The normalized spacial score (nSPS) is 21.5. The number of hydrogen-bond donors (Lipinski definition) is 1. The number of nitrogens with zero attached hydrogens (tertiary/aromatic N) is 2. The number of alkyl halides is 3. The Morgan fingerprint density at radius 3 is 2.46 bits per heavy atom. The van der Waals surface area contributed by atoms with Gasteiger partial charge in [-0.1, -0.05) is 28.4 Å². The number of amidine groups is 1. The summed E-state index contributed by atoms with van der Waals surface area (Å²) in [6.07, 6.45) is -5.25. The monoisotopic (exact) mass is 449 g/mol. The summed E-state index contributed by atoms with van der Waals surface area (Å²) < 4.78 is 42.1. The van der Waals surface area contributed by atoms with Gasteiger partial charge in [0, 0.05) is 27.0 Å². The largest absolute Gasteiger partial charge is 0.435 e. The van der Waals surface area contributed by atoms with E-state index in [2.05, 4.69) is 5.16 Å². The van der Waals surface area contributed by atoms with Crippen molar-refractivity contribution in [2.45, 2.75) is 31.3 Å². The molecule has 1 amide bonds. The van der Waals surface area contributed by atoms with Crippen LogP contribution in [0.4, 0.5) is 13.2 Å². The van der Waals surface area contributed by atoms with Crippen LogP contribution >= 0.6 is 34.5 Å². The molecule has 0 radical (unpaired) electrons. The average molecular weight is 450 g/mol. The van der Waals surface area contributed by atoms with Crippen molar-refractivity contribution in [3.63, 3.8) is 0 Å². The highest BCUT2D eigenvalue weighted by molar-refractivity contribution is 7.14. The summed E-state index contributed by atoms with van der Waals surface area (Å²) in [7, 11) is 0. The van der Waals surface area contributed by atoms with Crippen LogP contribution in [0, 0.1) is 0 Å². The number of fused-ring (bicyclic) bond motifs is 1. The predicted molar refractivity (Wildman–Crippen MR) is 99.4 cm³/mol. The smallest absolute Gasteiger partial charge is 0.372 e. The van der Waals surface area contributed by atoms with Crippen molar-refractivity contribution in [3.05, 3.63) is 55.2 Å². The van der Waals surface area contributed by atoms with Crippen molar-refractivity contribution in [2.75, 3.05) is 0 Å². The second-order valence-corrected chi connectivity index (χ2v) is 8.55. The van der Waals surface area contributed by atoms with Gasteiger partial charge in [-0.3, -0.25) is 4.79 Å². The van der Waals surface area contributed by atoms with Gasteiger partial charge >= 0.3 is 6.18 Å². The Balaban J connectivity index is 1.61. The molecule has 4 rings (SSSR count). The van der Waals surface area contributed by atoms with Gasteiger partial charge in [0.1, 0.15) is 5.84 Å². The lowest BCUT2D eigenvalue weighted by Crippen LogP contribution is -2.43. The molecule has 2 aliphatic rings. The van der Waals surface area contributed by atoms with Gasteiger partial charge in [0.25, 0.3) is 11.5 Å². The molecule has 5 nitrogen and oxygen atoms in total. The van der Waals surface area contributed by atoms with Crippen LogP contribution in [0.3, 0.4) is 0 Å². The summed E-state index contributed by atoms with van der Waals surface area (Å²) in [5, 5.41) is 3.89. The summed E-state index contributed by atoms with van der Waals surface area (Å²) in [5.74, 6) is -0.362. The first-order valence-corrected chi connectivity index (χ1v) is 9.61. The van der Waals surface area contributed by atoms with Crippen LogP contribution in [0.25, 0.3) is 0 Å². The number of thiophene rings is 1. The van der Waals surface area contributed by atoms with E-state index in [4.69, 9.17) is 33.8 Å². The van der Waals surface area contributed by atoms with Crippen LogP contribution < -0.4 is 5.73 Å². The fourth-order valence-electron chi connectivity index (χ4n) is 3.32. The zero-order chi connectivity index (χ0) is 20.3. The second-order valence-electron chi connectivity index (χ2n) is 6.54. The first-order valence-electron chi connectivity index (χ1n) is 8.04. The van der Waals surface area contributed by atoms with Crippen molar-refractivity contribution in [1.29, 1.82) is 0 Å². The SMILES string of the molecule is NC(=O)c1cc2c(s1)CN(C1=NOC(c3cc(Cl)cc(Cl)c3)(C(F)(F)F)C1)C2. The Morgan fingerprint density at radius 1 is 1.21 bits per heavy atom. The minimum atomic E-state index is -4.74. The lowest BCUT2D eigenvalue weighted by Gasteiger charge is -2.30. The van der Waals surface area contributed by atoms with Gasteiger partial charge in [-0.15, -0.1) is 11.3 Å².